The molecule has 0 heterocycles. The molecule has 2 nitrogen and oxygen atoms in total. The molecule has 0 saturated carbocycles. The van der Waals surface area contributed by atoms with Gasteiger partial charge in [0.05, 0.1) is 0 Å². The van der Waals surface area contributed by atoms with E-state index in [1.165, 1.54) is 36.8 Å². The number of hydrazine groups is 1. The van der Waals surface area contributed by atoms with E-state index in [1.54, 1.807) is 0 Å². The second-order valence-electron chi connectivity index (χ2n) is 4.57. The summed E-state index contributed by atoms with van der Waals surface area (Å²) in [4.78, 5) is 0. The molecule has 0 radical (unpaired) electrons. The molecule has 0 spiro atoms. The van der Waals surface area contributed by atoms with E-state index < -0.39 is 0 Å². The number of rotatable bonds is 7. The molecule has 17 heavy (non-hydrogen) atoms. The van der Waals surface area contributed by atoms with Gasteiger partial charge in [-0.3, -0.25) is 11.3 Å². The first-order valence-electron chi connectivity index (χ1n) is 6.41. The Kier molecular flexibility index (Phi) is 6.56. The average molecular weight is 255 g/mol. The van der Waals surface area contributed by atoms with Gasteiger partial charge in [-0.25, -0.2) is 0 Å². The number of nitrogens with one attached hydrogen (secondary N) is 1. The third-order valence-electron chi connectivity index (χ3n) is 3.15. The molecular weight excluding hydrogens is 232 g/mol. The van der Waals surface area contributed by atoms with E-state index in [2.05, 4.69) is 25.3 Å². The highest BCUT2D eigenvalue weighted by Gasteiger charge is 2.11. The van der Waals surface area contributed by atoms with E-state index in [0.29, 0.717) is 0 Å². The number of hydrogen-bond donors (Lipinski definition) is 2. The van der Waals surface area contributed by atoms with Gasteiger partial charge >= 0.3 is 0 Å². The van der Waals surface area contributed by atoms with Crippen molar-refractivity contribution in [3.63, 3.8) is 0 Å². The van der Waals surface area contributed by atoms with Crippen LogP contribution in [0.25, 0.3) is 0 Å². The van der Waals surface area contributed by atoms with Gasteiger partial charge < -0.3 is 0 Å². The monoisotopic (exact) mass is 254 g/mol. The Hall–Kier alpha value is -0.570. The molecule has 96 valence electrons. The van der Waals surface area contributed by atoms with Crippen molar-refractivity contribution in [3.05, 3.63) is 34.3 Å². The molecule has 3 heteroatoms. The molecule has 1 unspecified atom stereocenters. The number of benzene rings is 1. The van der Waals surface area contributed by atoms with Crippen molar-refractivity contribution in [2.45, 2.75) is 52.0 Å². The number of halogens is 1. The van der Waals surface area contributed by atoms with Gasteiger partial charge in [-0.2, -0.15) is 0 Å². The van der Waals surface area contributed by atoms with E-state index in [-0.39, 0.29) is 6.04 Å². The van der Waals surface area contributed by atoms with E-state index in [9.17, 15) is 0 Å². The summed E-state index contributed by atoms with van der Waals surface area (Å²) < 4.78 is 0. The Balaban J connectivity index is 2.59. The lowest BCUT2D eigenvalue weighted by molar-refractivity contribution is 0.480. The Bertz CT molecular complexity index is 339. The molecule has 1 aromatic carbocycles. The lowest BCUT2D eigenvalue weighted by Crippen LogP contribution is -2.28. The van der Waals surface area contributed by atoms with Crippen LogP contribution in [0.5, 0.6) is 0 Å². The minimum atomic E-state index is 0.240. The van der Waals surface area contributed by atoms with Gasteiger partial charge in [0.2, 0.25) is 0 Å². The molecule has 0 amide bonds. The van der Waals surface area contributed by atoms with E-state index in [4.69, 9.17) is 17.4 Å². The van der Waals surface area contributed by atoms with Gasteiger partial charge in [0, 0.05) is 11.1 Å². The average Bonchev–Trinajstić information content (AvgIpc) is 2.31. The summed E-state index contributed by atoms with van der Waals surface area (Å²) in [7, 11) is 0. The summed E-state index contributed by atoms with van der Waals surface area (Å²) in [6.45, 7) is 4.31. The fourth-order valence-corrected chi connectivity index (χ4v) is 2.36. The predicted molar refractivity (Wildman–Crippen MR) is 75.0 cm³/mol. The maximum atomic E-state index is 5.96. The molecule has 0 bridgehead atoms. The molecule has 0 aliphatic rings. The highest BCUT2D eigenvalue weighted by Crippen LogP contribution is 2.24. The van der Waals surface area contributed by atoms with Gasteiger partial charge in [0.25, 0.3) is 0 Å². The van der Waals surface area contributed by atoms with Crippen molar-refractivity contribution in [1.29, 1.82) is 0 Å². The van der Waals surface area contributed by atoms with E-state index in [0.717, 1.165) is 11.4 Å². The Morgan fingerprint density at radius 3 is 2.65 bits per heavy atom. The minimum absolute atomic E-state index is 0.240. The smallest absolute Gasteiger partial charge is 0.0462 e. The molecule has 3 N–H and O–H groups in total. The van der Waals surface area contributed by atoms with Crippen LogP contribution >= 0.6 is 11.6 Å². The lowest BCUT2D eigenvalue weighted by Gasteiger charge is -2.18. The Morgan fingerprint density at radius 1 is 1.29 bits per heavy atom. The maximum absolute atomic E-state index is 5.96. The minimum Gasteiger partial charge on any atom is -0.271 e. The maximum Gasteiger partial charge on any atom is 0.0462 e. The zero-order chi connectivity index (χ0) is 12.7. The van der Waals surface area contributed by atoms with Crippen LogP contribution < -0.4 is 11.3 Å². The van der Waals surface area contributed by atoms with Gasteiger partial charge in [-0.05, 0) is 36.6 Å². The summed E-state index contributed by atoms with van der Waals surface area (Å²) in [5.41, 5.74) is 5.37. The zero-order valence-corrected chi connectivity index (χ0v) is 11.6. The highest BCUT2D eigenvalue weighted by molar-refractivity contribution is 6.30. The van der Waals surface area contributed by atoms with Gasteiger partial charge in [0.1, 0.15) is 0 Å². The topological polar surface area (TPSA) is 38.0 Å². The Labute approximate surface area is 110 Å². The van der Waals surface area contributed by atoms with Crippen LogP contribution in [-0.4, -0.2) is 0 Å². The standard InChI is InChI=1S/C14H23ClN2/c1-3-4-5-6-7-14(17-16)13-9-8-12(15)10-11(13)2/h8-10,14,17H,3-7,16H2,1-2H3. The summed E-state index contributed by atoms with van der Waals surface area (Å²) in [6, 6.07) is 6.24. The van der Waals surface area contributed by atoms with Crippen molar-refractivity contribution in [2.75, 3.05) is 0 Å². The first-order chi connectivity index (χ1) is 8.19. The van der Waals surface area contributed by atoms with Crippen molar-refractivity contribution in [3.8, 4) is 0 Å². The zero-order valence-electron chi connectivity index (χ0n) is 10.8. The second kappa shape index (κ2) is 7.70. The molecule has 1 atom stereocenters. The molecular formula is C14H23ClN2. The number of aryl methyl sites for hydroxylation is 1. The summed E-state index contributed by atoms with van der Waals surface area (Å²) >= 11 is 5.96. The summed E-state index contributed by atoms with van der Waals surface area (Å²) in [5, 5.41) is 0.785. The summed E-state index contributed by atoms with van der Waals surface area (Å²) in [5.74, 6) is 5.64. The SMILES string of the molecule is CCCCCCC(NN)c1ccc(Cl)cc1C. The Morgan fingerprint density at radius 2 is 2.06 bits per heavy atom. The predicted octanol–water partition coefficient (Wildman–Crippen LogP) is 4.12. The number of unbranched alkanes of at least 4 members (excludes halogenated alkanes) is 3. The van der Waals surface area contributed by atoms with Crippen LogP contribution in [-0.2, 0) is 0 Å². The van der Waals surface area contributed by atoms with Gasteiger partial charge in [-0.15, -0.1) is 0 Å². The van der Waals surface area contributed by atoms with Crippen LogP contribution in [0, 0.1) is 6.92 Å². The molecule has 1 aromatic rings. The van der Waals surface area contributed by atoms with Crippen LogP contribution in [0.1, 0.15) is 56.2 Å². The van der Waals surface area contributed by atoms with E-state index in [1.807, 2.05) is 12.1 Å². The third-order valence-corrected chi connectivity index (χ3v) is 3.39. The number of nitrogens with two attached hydrogens (primary N) is 1. The lowest BCUT2D eigenvalue weighted by atomic mass is 9.97. The molecule has 1 rings (SSSR count). The second-order valence-corrected chi connectivity index (χ2v) is 5.01. The molecule has 0 aromatic heterocycles. The van der Waals surface area contributed by atoms with Crippen molar-refractivity contribution < 1.29 is 0 Å². The van der Waals surface area contributed by atoms with Crippen molar-refractivity contribution in [1.82, 2.24) is 5.43 Å². The first-order valence-corrected chi connectivity index (χ1v) is 6.79. The van der Waals surface area contributed by atoms with Crippen molar-refractivity contribution >= 4 is 11.6 Å². The summed E-state index contributed by atoms with van der Waals surface area (Å²) in [6.07, 6.45) is 6.14. The molecule has 0 saturated heterocycles. The largest absolute Gasteiger partial charge is 0.271 e. The van der Waals surface area contributed by atoms with Crippen LogP contribution in [0.3, 0.4) is 0 Å². The van der Waals surface area contributed by atoms with Gasteiger partial charge in [0.15, 0.2) is 0 Å². The van der Waals surface area contributed by atoms with Crippen LogP contribution in [0.2, 0.25) is 5.02 Å². The highest BCUT2D eigenvalue weighted by atomic mass is 35.5. The molecule has 0 aliphatic heterocycles. The van der Waals surface area contributed by atoms with Crippen LogP contribution in [0.15, 0.2) is 18.2 Å². The third kappa shape index (κ3) is 4.66. The first kappa shape index (κ1) is 14.5. The van der Waals surface area contributed by atoms with Crippen molar-refractivity contribution in [2.24, 2.45) is 5.84 Å². The quantitative estimate of drug-likeness (QED) is 0.436. The fourth-order valence-electron chi connectivity index (χ4n) is 2.13. The normalized spacial score (nSPS) is 12.7. The van der Waals surface area contributed by atoms with E-state index >= 15 is 0 Å². The number of hydrogen-bond acceptors (Lipinski definition) is 2. The molecule has 0 aliphatic carbocycles. The fraction of sp³-hybridized carbons (Fsp3) is 0.571. The van der Waals surface area contributed by atoms with Gasteiger partial charge in [-0.1, -0.05) is 50.3 Å². The molecule has 0 fully saturated rings. The van der Waals surface area contributed by atoms with Crippen LogP contribution in [0.4, 0.5) is 0 Å².